The Morgan fingerprint density at radius 2 is 1.83 bits per heavy atom. The lowest BCUT2D eigenvalue weighted by Crippen LogP contribution is -2.44. The van der Waals surface area contributed by atoms with Crippen LogP contribution in [0.2, 0.25) is 0 Å². The molecule has 2 aliphatic rings. The van der Waals surface area contributed by atoms with Crippen LogP contribution in [0.15, 0.2) is 0 Å². The van der Waals surface area contributed by atoms with Gasteiger partial charge in [0.1, 0.15) is 5.75 Å². The molecule has 7 heteroatoms. The smallest absolute Gasteiger partial charge is 0.318 e. The third kappa shape index (κ3) is 6.77. The first-order valence-electron chi connectivity index (χ1n) is 8.71. The number of aliphatic carboxylic acids is 1. The van der Waals surface area contributed by atoms with E-state index in [9.17, 15) is 13.2 Å². The van der Waals surface area contributed by atoms with E-state index in [-0.39, 0.29) is 5.75 Å². The van der Waals surface area contributed by atoms with E-state index in [1.54, 1.807) is 0 Å². The topological polar surface area (TPSA) is 77.9 Å². The first-order valence-corrected chi connectivity index (χ1v) is 10.5. The van der Waals surface area contributed by atoms with Gasteiger partial charge in [-0.05, 0) is 57.2 Å². The van der Waals surface area contributed by atoms with Gasteiger partial charge in [0.15, 0.2) is 9.84 Å². The van der Waals surface area contributed by atoms with Crippen molar-refractivity contribution in [3.05, 3.63) is 0 Å². The lowest BCUT2D eigenvalue weighted by atomic mass is 9.94. The molecule has 0 amide bonds. The van der Waals surface area contributed by atoms with Gasteiger partial charge < -0.3 is 14.9 Å². The molecule has 134 valence electrons. The van der Waals surface area contributed by atoms with Gasteiger partial charge in [0, 0.05) is 19.6 Å². The number of hydrogen-bond acceptors (Lipinski definition) is 5. The number of carbonyl (C=O) groups is 1. The van der Waals surface area contributed by atoms with Crippen LogP contribution in [0, 0.1) is 11.8 Å². The summed E-state index contributed by atoms with van der Waals surface area (Å²) >= 11 is 0. The summed E-state index contributed by atoms with van der Waals surface area (Å²) in [6, 6.07) is 0. The van der Waals surface area contributed by atoms with E-state index in [0.717, 1.165) is 32.0 Å². The molecule has 1 unspecified atom stereocenters. The first kappa shape index (κ1) is 18.7. The summed E-state index contributed by atoms with van der Waals surface area (Å²) < 4.78 is 23.4. The van der Waals surface area contributed by atoms with Gasteiger partial charge in [-0.3, -0.25) is 4.79 Å². The molecule has 0 saturated carbocycles. The third-order valence-electron chi connectivity index (χ3n) is 5.06. The third-order valence-corrected chi connectivity index (χ3v) is 6.55. The summed E-state index contributed by atoms with van der Waals surface area (Å²) in [7, 11) is -3.48. The minimum Gasteiger partial charge on any atom is -0.480 e. The second kappa shape index (κ2) is 8.44. The van der Waals surface area contributed by atoms with E-state index in [2.05, 4.69) is 16.7 Å². The van der Waals surface area contributed by atoms with E-state index in [1.807, 2.05) is 0 Å². The van der Waals surface area contributed by atoms with E-state index < -0.39 is 21.6 Å². The molecule has 2 saturated heterocycles. The summed E-state index contributed by atoms with van der Waals surface area (Å²) in [6.45, 7) is 8.13. The monoisotopic (exact) mass is 346 g/mol. The molecule has 2 fully saturated rings. The van der Waals surface area contributed by atoms with Crippen LogP contribution in [0.1, 0.15) is 32.6 Å². The van der Waals surface area contributed by atoms with Gasteiger partial charge in [0.05, 0.1) is 5.75 Å². The summed E-state index contributed by atoms with van der Waals surface area (Å²) in [6.07, 6.45) is 4.88. The van der Waals surface area contributed by atoms with Crippen molar-refractivity contribution < 1.29 is 18.3 Å². The van der Waals surface area contributed by atoms with Crippen molar-refractivity contribution in [1.82, 2.24) is 9.80 Å². The lowest BCUT2D eigenvalue weighted by molar-refractivity contribution is -0.134. The highest BCUT2D eigenvalue weighted by molar-refractivity contribution is 7.92. The van der Waals surface area contributed by atoms with Crippen LogP contribution in [-0.4, -0.2) is 80.1 Å². The number of rotatable bonds is 7. The minimum atomic E-state index is -3.48. The summed E-state index contributed by atoms with van der Waals surface area (Å²) in [5.74, 6) is -0.613. The van der Waals surface area contributed by atoms with Crippen LogP contribution in [0.4, 0.5) is 0 Å². The van der Waals surface area contributed by atoms with Crippen molar-refractivity contribution in [3.63, 3.8) is 0 Å². The highest BCUT2D eigenvalue weighted by Crippen LogP contribution is 2.21. The average Bonchev–Trinajstić information content (AvgIpc) is 2.47. The van der Waals surface area contributed by atoms with Gasteiger partial charge in [-0.15, -0.1) is 0 Å². The molecule has 0 aliphatic carbocycles. The molecule has 2 heterocycles. The number of carboxylic acid groups (broad SMARTS) is 1. The molecule has 6 nitrogen and oxygen atoms in total. The van der Waals surface area contributed by atoms with Crippen molar-refractivity contribution in [2.24, 2.45) is 11.8 Å². The predicted molar refractivity (Wildman–Crippen MR) is 90.3 cm³/mol. The Bertz CT molecular complexity index is 486. The van der Waals surface area contributed by atoms with Crippen LogP contribution in [-0.2, 0) is 14.6 Å². The molecular weight excluding hydrogens is 316 g/mol. The fourth-order valence-electron chi connectivity index (χ4n) is 3.64. The molecule has 2 rings (SSSR count). The van der Waals surface area contributed by atoms with E-state index in [1.165, 1.54) is 32.4 Å². The molecule has 1 atom stereocenters. The Kier molecular flexibility index (Phi) is 6.85. The van der Waals surface area contributed by atoms with E-state index in [4.69, 9.17) is 5.11 Å². The summed E-state index contributed by atoms with van der Waals surface area (Å²) in [5, 5.41) is 8.63. The average molecular weight is 346 g/mol. The second-order valence-corrected chi connectivity index (χ2v) is 9.46. The largest absolute Gasteiger partial charge is 0.480 e. The zero-order chi connectivity index (χ0) is 16.9. The van der Waals surface area contributed by atoms with Crippen LogP contribution in [0.25, 0.3) is 0 Å². The van der Waals surface area contributed by atoms with Crippen molar-refractivity contribution >= 4 is 15.8 Å². The standard InChI is InChI=1S/C16H30N2O4S/c1-14-4-7-18(8-5-14)12-15-3-2-6-17(11-15)9-10-23(21,22)13-16(19)20/h14-15H,2-13H2,1H3,(H,19,20). The molecule has 0 spiro atoms. The molecular formula is C16H30N2O4S. The van der Waals surface area contributed by atoms with E-state index in [0.29, 0.717) is 12.5 Å². The summed E-state index contributed by atoms with van der Waals surface area (Å²) in [5.41, 5.74) is 0. The highest BCUT2D eigenvalue weighted by Gasteiger charge is 2.25. The zero-order valence-electron chi connectivity index (χ0n) is 14.1. The number of piperidine rings is 2. The molecule has 2 aliphatic heterocycles. The van der Waals surface area contributed by atoms with Gasteiger partial charge in [0.25, 0.3) is 0 Å². The molecule has 0 aromatic rings. The first-order chi connectivity index (χ1) is 10.8. The Morgan fingerprint density at radius 3 is 2.48 bits per heavy atom. The maximum atomic E-state index is 11.7. The van der Waals surface area contributed by atoms with Crippen molar-refractivity contribution in [1.29, 1.82) is 0 Å². The molecule has 0 aromatic carbocycles. The predicted octanol–water partition coefficient (Wildman–Crippen LogP) is 0.930. The number of hydrogen-bond donors (Lipinski definition) is 1. The fourth-order valence-corrected chi connectivity index (χ4v) is 4.70. The van der Waals surface area contributed by atoms with Crippen LogP contribution >= 0.6 is 0 Å². The van der Waals surface area contributed by atoms with Gasteiger partial charge in [-0.1, -0.05) is 6.92 Å². The SMILES string of the molecule is CC1CCN(CC2CCCN(CCS(=O)(=O)CC(=O)O)C2)CC1. The maximum Gasteiger partial charge on any atom is 0.318 e. The number of carboxylic acids is 1. The summed E-state index contributed by atoms with van der Waals surface area (Å²) in [4.78, 5) is 15.3. The molecule has 1 N–H and O–H groups in total. The molecule has 0 bridgehead atoms. The van der Waals surface area contributed by atoms with Crippen molar-refractivity contribution in [2.75, 3.05) is 50.8 Å². The number of nitrogens with zero attached hydrogens (tertiary/aromatic N) is 2. The van der Waals surface area contributed by atoms with Crippen LogP contribution in [0.5, 0.6) is 0 Å². The zero-order valence-corrected chi connectivity index (χ0v) is 14.9. The van der Waals surface area contributed by atoms with Crippen LogP contribution in [0.3, 0.4) is 0 Å². The molecule has 0 aromatic heterocycles. The fraction of sp³-hybridized carbons (Fsp3) is 0.938. The normalized spacial score (nSPS) is 25.5. The Morgan fingerprint density at radius 1 is 1.13 bits per heavy atom. The molecule has 23 heavy (non-hydrogen) atoms. The van der Waals surface area contributed by atoms with Gasteiger partial charge in [-0.25, -0.2) is 8.42 Å². The highest BCUT2D eigenvalue weighted by atomic mass is 32.2. The number of sulfone groups is 1. The number of likely N-dealkylation sites (tertiary alicyclic amines) is 2. The Labute approximate surface area is 139 Å². The van der Waals surface area contributed by atoms with Gasteiger partial charge in [0.2, 0.25) is 0 Å². The quantitative estimate of drug-likeness (QED) is 0.739. The maximum absolute atomic E-state index is 11.7. The Hall–Kier alpha value is -0.660. The lowest BCUT2D eigenvalue weighted by Gasteiger charge is -2.37. The van der Waals surface area contributed by atoms with Gasteiger partial charge in [-0.2, -0.15) is 0 Å². The van der Waals surface area contributed by atoms with Crippen molar-refractivity contribution in [3.8, 4) is 0 Å². The van der Waals surface area contributed by atoms with Crippen molar-refractivity contribution in [2.45, 2.75) is 32.6 Å². The molecule has 0 radical (unpaired) electrons. The second-order valence-electron chi connectivity index (χ2n) is 7.28. The minimum absolute atomic E-state index is 0.0484. The van der Waals surface area contributed by atoms with Gasteiger partial charge >= 0.3 is 5.97 Å². The van der Waals surface area contributed by atoms with E-state index >= 15 is 0 Å². The Balaban J connectivity index is 1.74. The van der Waals surface area contributed by atoms with Crippen LogP contribution < -0.4 is 0 Å².